The summed E-state index contributed by atoms with van der Waals surface area (Å²) in [5.74, 6) is 1.81. The SMILES string of the molecule is COc1ccc2c(n1)CC1C=C(C)C[C-]2C1=O.[Y]. The first kappa shape index (κ1) is 13.8. The molecule has 2 aliphatic rings. The number of Topliss-reactive ketones (excluding diaryl/α,β-unsaturated/α-hetero) is 1. The van der Waals surface area contributed by atoms with Gasteiger partial charge in [-0.15, -0.1) is 0 Å². The van der Waals surface area contributed by atoms with Gasteiger partial charge < -0.3 is 9.53 Å². The Balaban J connectivity index is 0.00000120. The second-order valence-electron chi connectivity index (χ2n) is 4.69. The van der Waals surface area contributed by atoms with Gasteiger partial charge in [0, 0.05) is 38.6 Å². The molecule has 0 N–H and O–H groups in total. The van der Waals surface area contributed by atoms with Crippen LogP contribution >= 0.6 is 0 Å². The van der Waals surface area contributed by atoms with Gasteiger partial charge in [-0.1, -0.05) is 29.3 Å². The Morgan fingerprint density at radius 1 is 1.44 bits per heavy atom. The summed E-state index contributed by atoms with van der Waals surface area (Å²) in [6.07, 6.45) is 3.54. The molecule has 18 heavy (non-hydrogen) atoms. The summed E-state index contributed by atoms with van der Waals surface area (Å²) in [7, 11) is 1.61. The molecule has 3 nitrogen and oxygen atoms in total. The maximum atomic E-state index is 12.1. The molecule has 1 heterocycles. The van der Waals surface area contributed by atoms with Gasteiger partial charge in [0.05, 0.1) is 7.11 Å². The van der Waals surface area contributed by atoms with E-state index in [1.165, 1.54) is 5.57 Å². The summed E-state index contributed by atoms with van der Waals surface area (Å²) < 4.78 is 5.13. The van der Waals surface area contributed by atoms with Crippen molar-refractivity contribution in [2.75, 3.05) is 7.11 Å². The first-order valence-electron chi connectivity index (χ1n) is 5.80. The number of rotatable bonds is 1. The van der Waals surface area contributed by atoms with Crippen LogP contribution < -0.4 is 4.74 Å². The Morgan fingerprint density at radius 3 is 2.94 bits per heavy atom. The molecule has 0 spiro atoms. The van der Waals surface area contributed by atoms with E-state index in [1.54, 1.807) is 7.11 Å². The standard InChI is InChI=1S/C14H14NO2.Y/c1-8-5-9-7-12-10(11(6-8)14(9)16)3-4-13(15-12)17-2;/h3-5,9H,6-7H2,1-2H3;/q-1;. The second kappa shape index (κ2) is 5.14. The molecule has 1 unspecified atom stereocenters. The molecule has 2 bridgehead atoms. The quantitative estimate of drug-likeness (QED) is 0.588. The van der Waals surface area contributed by atoms with Gasteiger partial charge in [0.25, 0.3) is 0 Å². The molecule has 1 radical (unpaired) electrons. The number of carbonyl (C=O) groups is 1. The third-order valence-corrected chi connectivity index (χ3v) is 3.47. The molecule has 91 valence electrons. The van der Waals surface area contributed by atoms with Gasteiger partial charge in [0.1, 0.15) is 5.78 Å². The van der Waals surface area contributed by atoms with Crippen molar-refractivity contribution < 1.29 is 42.2 Å². The number of methoxy groups -OCH3 is 1. The average Bonchev–Trinajstić information content (AvgIpc) is 2.31. The Labute approximate surface area is 132 Å². The summed E-state index contributed by atoms with van der Waals surface area (Å²) >= 11 is 0. The van der Waals surface area contributed by atoms with Gasteiger partial charge >= 0.3 is 0 Å². The zero-order chi connectivity index (χ0) is 12.0. The molecule has 4 heteroatoms. The minimum Gasteiger partial charge on any atom is -0.482 e. The van der Waals surface area contributed by atoms with E-state index in [-0.39, 0.29) is 44.4 Å². The zero-order valence-corrected chi connectivity index (χ0v) is 13.4. The molecular weight excluding hydrogens is 303 g/mol. The van der Waals surface area contributed by atoms with E-state index >= 15 is 0 Å². The normalized spacial score (nSPS) is 20.8. The minimum absolute atomic E-state index is 0. The topological polar surface area (TPSA) is 39.2 Å². The number of aromatic nitrogens is 1. The molecule has 0 fully saturated rings. The molecule has 1 aromatic rings. The van der Waals surface area contributed by atoms with Gasteiger partial charge in [-0.25, -0.2) is 0 Å². The summed E-state index contributed by atoms with van der Waals surface area (Å²) in [5, 5.41) is 0. The number of hydrogen-bond acceptors (Lipinski definition) is 3. The van der Waals surface area contributed by atoms with Crippen molar-refractivity contribution in [2.45, 2.75) is 19.8 Å². The minimum atomic E-state index is -0.00847. The van der Waals surface area contributed by atoms with Gasteiger partial charge in [-0.2, -0.15) is 11.6 Å². The van der Waals surface area contributed by atoms with Crippen molar-refractivity contribution in [1.29, 1.82) is 0 Å². The number of nitrogens with zero attached hydrogens (tertiary/aromatic N) is 1. The predicted molar refractivity (Wildman–Crippen MR) is 63.7 cm³/mol. The van der Waals surface area contributed by atoms with Crippen molar-refractivity contribution in [1.82, 2.24) is 4.98 Å². The first-order chi connectivity index (χ1) is 8.19. The Morgan fingerprint density at radius 2 is 2.22 bits per heavy atom. The van der Waals surface area contributed by atoms with Crippen LogP contribution in [0.25, 0.3) is 0 Å². The fourth-order valence-corrected chi connectivity index (χ4v) is 2.68. The Bertz CT molecular complexity index is 525. The number of fused-ring (bicyclic) bond motifs is 4. The number of allylic oxidation sites excluding steroid dienone is 2. The molecule has 1 atom stereocenters. The number of pyridine rings is 1. The van der Waals surface area contributed by atoms with Gasteiger partial charge in [-0.3, -0.25) is 4.98 Å². The van der Waals surface area contributed by atoms with Gasteiger partial charge in [0.15, 0.2) is 5.88 Å². The largest absolute Gasteiger partial charge is 0.482 e. The van der Waals surface area contributed by atoms with Crippen LogP contribution in [-0.2, 0) is 43.9 Å². The van der Waals surface area contributed by atoms with E-state index in [4.69, 9.17) is 4.74 Å². The van der Waals surface area contributed by atoms with Crippen molar-refractivity contribution in [2.24, 2.45) is 5.92 Å². The maximum absolute atomic E-state index is 12.1. The zero-order valence-electron chi connectivity index (χ0n) is 10.6. The van der Waals surface area contributed by atoms with Crippen molar-refractivity contribution in [3.05, 3.63) is 41.0 Å². The predicted octanol–water partition coefficient (Wildman–Crippen LogP) is 2.10. The third-order valence-electron chi connectivity index (χ3n) is 3.47. The van der Waals surface area contributed by atoms with E-state index in [2.05, 4.69) is 18.0 Å². The molecule has 0 amide bonds. The average molecular weight is 317 g/mol. The molecule has 0 saturated carbocycles. The van der Waals surface area contributed by atoms with E-state index in [0.29, 0.717) is 12.3 Å². The number of ketones is 1. The summed E-state index contributed by atoms with van der Waals surface area (Å²) in [5.41, 5.74) is 3.29. The third kappa shape index (κ3) is 2.14. The molecule has 0 aliphatic heterocycles. The molecule has 3 rings (SSSR count). The van der Waals surface area contributed by atoms with Crippen LogP contribution in [0.2, 0.25) is 0 Å². The summed E-state index contributed by atoms with van der Waals surface area (Å²) in [4.78, 5) is 16.6. The molecular formula is C14H14NO2Y-. The van der Waals surface area contributed by atoms with E-state index in [0.717, 1.165) is 23.6 Å². The summed E-state index contributed by atoms with van der Waals surface area (Å²) in [6.45, 7) is 2.08. The molecule has 2 aliphatic carbocycles. The Kier molecular flexibility index (Phi) is 3.93. The van der Waals surface area contributed by atoms with Crippen LogP contribution in [0.1, 0.15) is 24.6 Å². The van der Waals surface area contributed by atoms with E-state index in [1.807, 2.05) is 12.1 Å². The van der Waals surface area contributed by atoms with Crippen LogP contribution in [0.3, 0.4) is 0 Å². The van der Waals surface area contributed by atoms with E-state index < -0.39 is 0 Å². The van der Waals surface area contributed by atoms with Crippen molar-refractivity contribution >= 4 is 5.78 Å². The van der Waals surface area contributed by atoms with Gasteiger partial charge in [0.2, 0.25) is 0 Å². The van der Waals surface area contributed by atoms with Gasteiger partial charge in [-0.05, 0) is 19.8 Å². The molecule has 1 aromatic heterocycles. The van der Waals surface area contributed by atoms with E-state index in [9.17, 15) is 4.79 Å². The number of ether oxygens (including phenoxy) is 1. The molecule has 0 aromatic carbocycles. The van der Waals surface area contributed by atoms with Crippen LogP contribution in [-0.4, -0.2) is 17.9 Å². The maximum Gasteiger partial charge on any atom is 0.188 e. The van der Waals surface area contributed by atoms with Crippen LogP contribution in [0.15, 0.2) is 23.8 Å². The smallest absolute Gasteiger partial charge is 0.188 e. The van der Waals surface area contributed by atoms with Crippen LogP contribution in [0.5, 0.6) is 5.88 Å². The monoisotopic (exact) mass is 317 g/mol. The number of hydrogen-bond donors (Lipinski definition) is 0. The number of carbonyl (C=O) groups excluding carboxylic acids is 1. The fraction of sp³-hybridized carbons (Fsp3) is 0.357. The first-order valence-corrected chi connectivity index (χ1v) is 5.80. The van der Waals surface area contributed by atoms with Crippen LogP contribution in [0, 0.1) is 11.8 Å². The van der Waals surface area contributed by atoms with Crippen molar-refractivity contribution in [3.63, 3.8) is 0 Å². The van der Waals surface area contributed by atoms with Crippen LogP contribution in [0.4, 0.5) is 0 Å². The Hall–Kier alpha value is -0.666. The summed E-state index contributed by atoms with van der Waals surface area (Å²) in [6, 6.07) is 3.79. The van der Waals surface area contributed by atoms with Crippen molar-refractivity contribution in [3.8, 4) is 5.88 Å². The fourth-order valence-electron chi connectivity index (χ4n) is 2.68. The second-order valence-corrected chi connectivity index (χ2v) is 4.69. The molecule has 0 saturated heterocycles.